The van der Waals surface area contributed by atoms with Gasteiger partial charge in [0, 0.05) is 0 Å². The van der Waals surface area contributed by atoms with E-state index in [9.17, 15) is 0 Å². The lowest BCUT2D eigenvalue weighted by Gasteiger charge is -2.16. The van der Waals surface area contributed by atoms with Gasteiger partial charge in [-0.15, -0.1) is 0 Å². The van der Waals surface area contributed by atoms with E-state index in [-0.39, 0.29) is 5.31 Å². The summed E-state index contributed by atoms with van der Waals surface area (Å²) in [5, 5.41) is 0.0516. The molecule has 0 aromatic heterocycles. The molecule has 0 bridgehead atoms. The molecule has 8 heavy (non-hydrogen) atoms. The molecular weight excluding hydrogens is 94.9 g/mol. The first-order valence-corrected chi connectivity index (χ1v) is 3.35. The molecule has 0 nitrogen and oxygen atoms in total. The van der Waals surface area contributed by atoms with Crippen molar-refractivity contribution in [2.24, 2.45) is 0 Å². The van der Waals surface area contributed by atoms with Crippen LogP contribution in [0.2, 0.25) is 5.31 Å². The van der Waals surface area contributed by atoms with Crippen molar-refractivity contribution in [3.8, 4) is 0 Å². The van der Waals surface area contributed by atoms with Crippen LogP contribution < -0.4 is 0 Å². The minimum absolute atomic E-state index is 0.0516. The van der Waals surface area contributed by atoms with Gasteiger partial charge >= 0.3 is 0 Å². The third kappa shape index (κ3) is 6.06. The fourth-order valence-corrected chi connectivity index (χ4v) is 0.632. The SMILES string of the molecule is [B]C(C)(C)CCCC. The Morgan fingerprint density at radius 3 is 2.00 bits per heavy atom. The first-order valence-electron chi connectivity index (χ1n) is 3.35. The third-order valence-electron chi connectivity index (χ3n) is 1.17. The molecule has 0 saturated heterocycles. The summed E-state index contributed by atoms with van der Waals surface area (Å²) in [6, 6.07) is 0. The Hall–Kier alpha value is 0.0649. The first-order chi connectivity index (χ1) is 3.56. The Balaban J connectivity index is 3.11. The van der Waals surface area contributed by atoms with Crippen LogP contribution in [-0.4, -0.2) is 7.85 Å². The van der Waals surface area contributed by atoms with Crippen LogP contribution in [-0.2, 0) is 0 Å². The van der Waals surface area contributed by atoms with Crippen molar-refractivity contribution in [3.05, 3.63) is 0 Å². The van der Waals surface area contributed by atoms with Gasteiger partial charge in [0.2, 0.25) is 0 Å². The average molecular weight is 110 g/mol. The van der Waals surface area contributed by atoms with E-state index in [0.29, 0.717) is 0 Å². The van der Waals surface area contributed by atoms with Crippen LogP contribution in [0.3, 0.4) is 0 Å². The van der Waals surface area contributed by atoms with Gasteiger partial charge in [-0.2, -0.15) is 0 Å². The molecular formula is C7H15B. The fourth-order valence-electron chi connectivity index (χ4n) is 0.632. The molecule has 0 aromatic rings. The lowest BCUT2D eigenvalue weighted by atomic mass is 9.69. The van der Waals surface area contributed by atoms with Crippen molar-refractivity contribution in [1.29, 1.82) is 0 Å². The van der Waals surface area contributed by atoms with Crippen molar-refractivity contribution >= 4 is 7.85 Å². The van der Waals surface area contributed by atoms with E-state index >= 15 is 0 Å². The summed E-state index contributed by atoms with van der Waals surface area (Å²) < 4.78 is 0. The van der Waals surface area contributed by atoms with Crippen LogP contribution in [0.1, 0.15) is 40.0 Å². The second-order valence-electron chi connectivity index (χ2n) is 3.09. The Labute approximate surface area is 54.1 Å². The summed E-state index contributed by atoms with van der Waals surface area (Å²) in [5.74, 6) is 0. The van der Waals surface area contributed by atoms with Crippen LogP contribution in [0.5, 0.6) is 0 Å². The minimum Gasteiger partial charge on any atom is -0.0716 e. The third-order valence-corrected chi connectivity index (χ3v) is 1.17. The molecule has 0 heterocycles. The van der Waals surface area contributed by atoms with E-state index in [2.05, 4.69) is 20.8 Å². The highest BCUT2D eigenvalue weighted by atomic mass is 14.1. The molecule has 0 rings (SSSR count). The summed E-state index contributed by atoms with van der Waals surface area (Å²) in [6.07, 6.45) is 3.65. The van der Waals surface area contributed by atoms with Crippen molar-refractivity contribution in [2.45, 2.75) is 45.3 Å². The summed E-state index contributed by atoms with van der Waals surface area (Å²) in [4.78, 5) is 0. The molecule has 0 saturated carbocycles. The highest BCUT2D eigenvalue weighted by Gasteiger charge is 2.06. The number of unbranched alkanes of at least 4 members (excludes halogenated alkanes) is 1. The zero-order valence-electron chi connectivity index (χ0n) is 6.20. The maximum absolute atomic E-state index is 5.72. The molecule has 1 heteroatoms. The van der Waals surface area contributed by atoms with Gasteiger partial charge in [0.15, 0.2) is 0 Å². The smallest absolute Gasteiger partial charge is 0.0716 e. The number of hydrogen-bond donors (Lipinski definition) is 0. The van der Waals surface area contributed by atoms with Crippen LogP contribution in [0.15, 0.2) is 0 Å². The highest BCUT2D eigenvalue weighted by Crippen LogP contribution is 2.25. The van der Waals surface area contributed by atoms with E-state index in [1.165, 1.54) is 12.8 Å². The van der Waals surface area contributed by atoms with Gasteiger partial charge in [0.05, 0.1) is 7.85 Å². The van der Waals surface area contributed by atoms with Gasteiger partial charge in [0.1, 0.15) is 0 Å². The molecule has 0 aliphatic carbocycles. The number of rotatable bonds is 3. The molecule has 0 aromatic carbocycles. The van der Waals surface area contributed by atoms with Crippen molar-refractivity contribution in [3.63, 3.8) is 0 Å². The standard InChI is InChI=1S/C7H15B/c1-4-5-6-7(2,3)8/h4-6H2,1-3H3. The predicted molar refractivity (Wildman–Crippen MR) is 39.3 cm³/mol. The summed E-state index contributed by atoms with van der Waals surface area (Å²) in [6.45, 7) is 6.33. The van der Waals surface area contributed by atoms with Crippen molar-refractivity contribution in [2.75, 3.05) is 0 Å². The maximum Gasteiger partial charge on any atom is 0.0738 e. The predicted octanol–water partition coefficient (Wildman–Crippen LogP) is 2.54. The van der Waals surface area contributed by atoms with E-state index in [4.69, 9.17) is 7.85 Å². The van der Waals surface area contributed by atoms with Gasteiger partial charge in [-0.25, -0.2) is 0 Å². The number of hydrogen-bond acceptors (Lipinski definition) is 0. The van der Waals surface area contributed by atoms with Gasteiger partial charge < -0.3 is 0 Å². The summed E-state index contributed by atoms with van der Waals surface area (Å²) in [5.41, 5.74) is 0. The van der Waals surface area contributed by atoms with E-state index in [0.717, 1.165) is 6.42 Å². The van der Waals surface area contributed by atoms with Crippen molar-refractivity contribution in [1.82, 2.24) is 0 Å². The quantitative estimate of drug-likeness (QED) is 0.489. The zero-order valence-corrected chi connectivity index (χ0v) is 6.20. The van der Waals surface area contributed by atoms with Crippen LogP contribution in [0, 0.1) is 0 Å². The second kappa shape index (κ2) is 3.16. The Morgan fingerprint density at radius 2 is 1.88 bits per heavy atom. The van der Waals surface area contributed by atoms with Gasteiger partial charge in [-0.3, -0.25) is 0 Å². The molecule has 0 aliphatic heterocycles. The molecule has 0 atom stereocenters. The molecule has 0 spiro atoms. The maximum atomic E-state index is 5.72. The molecule has 2 radical (unpaired) electrons. The topological polar surface area (TPSA) is 0 Å². The fraction of sp³-hybridized carbons (Fsp3) is 1.00. The monoisotopic (exact) mass is 110 g/mol. The normalized spacial score (nSPS) is 11.9. The Morgan fingerprint density at radius 1 is 1.38 bits per heavy atom. The second-order valence-corrected chi connectivity index (χ2v) is 3.09. The van der Waals surface area contributed by atoms with Crippen LogP contribution >= 0.6 is 0 Å². The summed E-state index contributed by atoms with van der Waals surface area (Å²) in [7, 11) is 5.72. The van der Waals surface area contributed by atoms with Crippen LogP contribution in [0.4, 0.5) is 0 Å². The summed E-state index contributed by atoms with van der Waals surface area (Å²) >= 11 is 0. The zero-order chi connectivity index (χ0) is 6.62. The lowest BCUT2D eigenvalue weighted by Crippen LogP contribution is -2.00. The van der Waals surface area contributed by atoms with Gasteiger partial charge in [-0.1, -0.05) is 45.3 Å². The first kappa shape index (κ1) is 8.06. The van der Waals surface area contributed by atoms with Gasteiger partial charge in [0.25, 0.3) is 0 Å². The average Bonchev–Trinajstić information content (AvgIpc) is 1.59. The highest BCUT2D eigenvalue weighted by molar-refractivity contribution is 6.14. The minimum atomic E-state index is 0.0516. The molecule has 0 amide bonds. The Bertz CT molecular complexity index is 51.9. The van der Waals surface area contributed by atoms with Gasteiger partial charge in [-0.05, 0) is 0 Å². The molecule has 46 valence electrons. The van der Waals surface area contributed by atoms with E-state index in [1.54, 1.807) is 0 Å². The largest absolute Gasteiger partial charge is 0.0738 e. The Kier molecular flexibility index (Phi) is 3.19. The van der Waals surface area contributed by atoms with Crippen molar-refractivity contribution < 1.29 is 0 Å². The van der Waals surface area contributed by atoms with E-state index in [1.807, 2.05) is 0 Å². The molecule has 0 aliphatic rings. The molecule has 0 N–H and O–H groups in total. The molecule has 0 unspecified atom stereocenters. The lowest BCUT2D eigenvalue weighted by molar-refractivity contribution is 0.571. The van der Waals surface area contributed by atoms with Crippen LogP contribution in [0.25, 0.3) is 0 Å². The van der Waals surface area contributed by atoms with E-state index < -0.39 is 0 Å². The molecule has 0 fully saturated rings.